The minimum Gasteiger partial charge on any atom is -0.437 e. The van der Waals surface area contributed by atoms with E-state index in [1.807, 2.05) is 17.8 Å². The predicted molar refractivity (Wildman–Crippen MR) is 77.1 cm³/mol. The number of rotatable bonds is 3. The molecule has 4 aromatic heterocycles. The molecule has 8 heteroatoms. The highest BCUT2D eigenvalue weighted by Crippen LogP contribution is 2.13. The standard InChI is InChI=1S/C14H12N6O2/c1-19-5-6-20-14(19)9(7-17-20)13(21)16-8-11-18-12-10(22-11)3-2-4-15-12/h2-7H,8H2,1H3,(H,16,21). The smallest absolute Gasteiger partial charge is 0.257 e. The number of oxazole rings is 1. The van der Waals surface area contributed by atoms with Crippen LogP contribution in [0.2, 0.25) is 0 Å². The molecule has 4 rings (SSSR count). The molecule has 0 spiro atoms. The summed E-state index contributed by atoms with van der Waals surface area (Å²) in [7, 11) is 1.86. The summed E-state index contributed by atoms with van der Waals surface area (Å²) in [5.41, 5.74) is 2.36. The molecule has 0 aliphatic carbocycles. The zero-order valence-electron chi connectivity index (χ0n) is 11.7. The molecule has 0 aliphatic heterocycles. The van der Waals surface area contributed by atoms with Crippen molar-refractivity contribution >= 4 is 22.8 Å². The number of aromatic nitrogens is 5. The minimum atomic E-state index is -0.230. The van der Waals surface area contributed by atoms with Crippen LogP contribution in [0.4, 0.5) is 0 Å². The molecule has 0 unspecified atom stereocenters. The van der Waals surface area contributed by atoms with Gasteiger partial charge in [0.25, 0.3) is 5.91 Å². The van der Waals surface area contributed by atoms with E-state index in [1.54, 1.807) is 29.0 Å². The van der Waals surface area contributed by atoms with Crippen molar-refractivity contribution in [1.29, 1.82) is 0 Å². The van der Waals surface area contributed by atoms with Crippen molar-refractivity contribution in [3.8, 4) is 0 Å². The van der Waals surface area contributed by atoms with Crippen molar-refractivity contribution in [3.05, 3.63) is 48.4 Å². The molecule has 1 amide bonds. The number of nitrogens with zero attached hydrogens (tertiary/aromatic N) is 5. The highest BCUT2D eigenvalue weighted by Gasteiger charge is 2.16. The first-order valence-corrected chi connectivity index (χ1v) is 6.69. The zero-order chi connectivity index (χ0) is 15.1. The highest BCUT2D eigenvalue weighted by molar-refractivity contribution is 5.99. The lowest BCUT2D eigenvalue weighted by molar-refractivity contribution is 0.0948. The Morgan fingerprint density at radius 3 is 3.18 bits per heavy atom. The van der Waals surface area contributed by atoms with Crippen molar-refractivity contribution in [2.45, 2.75) is 6.54 Å². The van der Waals surface area contributed by atoms with Crippen LogP contribution < -0.4 is 5.32 Å². The third-order valence-corrected chi connectivity index (χ3v) is 3.39. The van der Waals surface area contributed by atoms with E-state index in [0.29, 0.717) is 22.7 Å². The Morgan fingerprint density at radius 1 is 1.41 bits per heavy atom. The van der Waals surface area contributed by atoms with Gasteiger partial charge in [0.1, 0.15) is 11.2 Å². The minimum absolute atomic E-state index is 0.191. The molecule has 0 atom stereocenters. The maximum atomic E-state index is 12.3. The van der Waals surface area contributed by atoms with E-state index in [9.17, 15) is 4.79 Å². The van der Waals surface area contributed by atoms with E-state index in [4.69, 9.17) is 4.42 Å². The van der Waals surface area contributed by atoms with Gasteiger partial charge in [-0.1, -0.05) is 0 Å². The largest absolute Gasteiger partial charge is 0.437 e. The van der Waals surface area contributed by atoms with Crippen molar-refractivity contribution < 1.29 is 9.21 Å². The molecule has 0 bridgehead atoms. The van der Waals surface area contributed by atoms with Gasteiger partial charge in [0.15, 0.2) is 11.2 Å². The molecule has 0 aliphatic rings. The second-order valence-corrected chi connectivity index (χ2v) is 4.85. The normalized spacial score (nSPS) is 11.3. The Bertz CT molecular complexity index is 947. The molecule has 110 valence electrons. The summed E-state index contributed by atoms with van der Waals surface area (Å²) >= 11 is 0. The Hall–Kier alpha value is -3.16. The van der Waals surface area contributed by atoms with Crippen LogP contribution in [-0.2, 0) is 13.6 Å². The Labute approximate surface area is 124 Å². The first-order valence-electron chi connectivity index (χ1n) is 6.69. The molecule has 22 heavy (non-hydrogen) atoms. The van der Waals surface area contributed by atoms with E-state index in [2.05, 4.69) is 20.4 Å². The summed E-state index contributed by atoms with van der Waals surface area (Å²) in [6.45, 7) is 0.191. The molecule has 0 radical (unpaired) electrons. The van der Waals surface area contributed by atoms with Crippen LogP contribution in [0.1, 0.15) is 16.2 Å². The van der Waals surface area contributed by atoms with Crippen molar-refractivity contribution in [2.24, 2.45) is 7.05 Å². The molecule has 0 aromatic carbocycles. The average Bonchev–Trinajstić information content (AvgIpc) is 3.20. The van der Waals surface area contributed by atoms with Gasteiger partial charge in [0.05, 0.1) is 12.7 Å². The van der Waals surface area contributed by atoms with Gasteiger partial charge in [0.2, 0.25) is 5.89 Å². The fraction of sp³-hybridized carbons (Fsp3) is 0.143. The lowest BCUT2D eigenvalue weighted by Crippen LogP contribution is -2.23. The summed E-state index contributed by atoms with van der Waals surface area (Å²) in [4.78, 5) is 20.6. The number of fused-ring (bicyclic) bond motifs is 2. The molecule has 0 fully saturated rings. The van der Waals surface area contributed by atoms with Crippen LogP contribution in [0.15, 0.2) is 41.3 Å². The topological polar surface area (TPSA) is 90.2 Å². The Balaban J connectivity index is 1.55. The first-order chi connectivity index (χ1) is 10.7. The van der Waals surface area contributed by atoms with Crippen LogP contribution in [-0.4, -0.2) is 30.1 Å². The van der Waals surface area contributed by atoms with E-state index in [-0.39, 0.29) is 12.5 Å². The Kier molecular flexibility index (Phi) is 2.68. The van der Waals surface area contributed by atoms with Gasteiger partial charge in [0, 0.05) is 25.6 Å². The van der Waals surface area contributed by atoms with Gasteiger partial charge in [-0.15, -0.1) is 0 Å². The molecular formula is C14H12N6O2. The van der Waals surface area contributed by atoms with E-state index >= 15 is 0 Å². The molecular weight excluding hydrogens is 284 g/mol. The summed E-state index contributed by atoms with van der Waals surface area (Å²) in [6.07, 6.45) is 6.81. The number of aryl methyl sites for hydroxylation is 1. The maximum absolute atomic E-state index is 12.3. The van der Waals surface area contributed by atoms with Crippen molar-refractivity contribution in [3.63, 3.8) is 0 Å². The Morgan fingerprint density at radius 2 is 2.32 bits per heavy atom. The monoisotopic (exact) mass is 296 g/mol. The average molecular weight is 296 g/mol. The van der Waals surface area contributed by atoms with E-state index in [1.165, 1.54) is 6.20 Å². The van der Waals surface area contributed by atoms with Gasteiger partial charge >= 0.3 is 0 Å². The number of imidazole rings is 1. The second kappa shape index (κ2) is 4.69. The molecule has 4 heterocycles. The predicted octanol–water partition coefficient (Wildman–Crippen LogP) is 1.14. The number of nitrogens with one attached hydrogen (secondary N) is 1. The molecule has 0 saturated heterocycles. The SMILES string of the molecule is Cn1ccn2ncc(C(=O)NCc3nc4ncccc4o3)c12. The van der Waals surface area contributed by atoms with Gasteiger partial charge in [-0.05, 0) is 12.1 Å². The third kappa shape index (κ3) is 1.93. The molecule has 1 N–H and O–H groups in total. The van der Waals surface area contributed by atoms with Gasteiger partial charge in [-0.2, -0.15) is 10.1 Å². The lowest BCUT2D eigenvalue weighted by Gasteiger charge is -2.01. The summed E-state index contributed by atoms with van der Waals surface area (Å²) in [5, 5.41) is 6.92. The maximum Gasteiger partial charge on any atom is 0.257 e. The lowest BCUT2D eigenvalue weighted by atomic mass is 10.3. The van der Waals surface area contributed by atoms with E-state index < -0.39 is 0 Å². The highest BCUT2D eigenvalue weighted by atomic mass is 16.3. The van der Waals surface area contributed by atoms with Crippen LogP contribution in [0, 0.1) is 0 Å². The fourth-order valence-electron chi connectivity index (χ4n) is 2.35. The molecule has 0 saturated carbocycles. The van der Waals surface area contributed by atoms with Crippen molar-refractivity contribution in [1.82, 2.24) is 29.5 Å². The summed E-state index contributed by atoms with van der Waals surface area (Å²) < 4.78 is 9.01. The third-order valence-electron chi connectivity index (χ3n) is 3.39. The van der Waals surface area contributed by atoms with Gasteiger partial charge in [-0.25, -0.2) is 9.50 Å². The van der Waals surface area contributed by atoms with Crippen LogP contribution in [0.25, 0.3) is 16.9 Å². The number of carbonyl (C=O) groups is 1. The van der Waals surface area contributed by atoms with Crippen LogP contribution >= 0.6 is 0 Å². The van der Waals surface area contributed by atoms with Crippen LogP contribution in [0.3, 0.4) is 0 Å². The number of carbonyl (C=O) groups excluding carboxylic acids is 1. The quantitative estimate of drug-likeness (QED) is 0.612. The summed E-state index contributed by atoms with van der Waals surface area (Å²) in [6, 6.07) is 3.56. The van der Waals surface area contributed by atoms with Gasteiger partial charge in [-0.3, -0.25) is 4.79 Å². The molecule has 4 aromatic rings. The van der Waals surface area contributed by atoms with E-state index in [0.717, 1.165) is 5.65 Å². The molecule has 8 nitrogen and oxygen atoms in total. The fourth-order valence-corrected chi connectivity index (χ4v) is 2.35. The number of pyridine rings is 1. The van der Waals surface area contributed by atoms with Crippen molar-refractivity contribution in [2.75, 3.05) is 0 Å². The number of amides is 1. The summed E-state index contributed by atoms with van der Waals surface area (Å²) in [5.74, 6) is 0.185. The second-order valence-electron chi connectivity index (χ2n) is 4.85. The first kappa shape index (κ1) is 12.6. The number of hydrogen-bond donors (Lipinski definition) is 1. The number of hydrogen-bond acceptors (Lipinski definition) is 5. The van der Waals surface area contributed by atoms with Crippen LogP contribution in [0.5, 0.6) is 0 Å². The van der Waals surface area contributed by atoms with Gasteiger partial charge < -0.3 is 14.3 Å². The zero-order valence-corrected chi connectivity index (χ0v) is 11.7.